The van der Waals surface area contributed by atoms with E-state index in [1.165, 1.54) is 4.90 Å². The lowest BCUT2D eigenvalue weighted by Crippen LogP contribution is -2.42. The van der Waals surface area contributed by atoms with Gasteiger partial charge in [0.25, 0.3) is 0 Å². The van der Waals surface area contributed by atoms with Crippen molar-refractivity contribution in [3.63, 3.8) is 0 Å². The number of aryl methyl sites for hydroxylation is 1. The normalized spacial score (nSPS) is 12.2. The number of benzene rings is 2. The molecular formula is C21H24N4O5. The summed E-state index contributed by atoms with van der Waals surface area (Å²) in [6.07, 6.45) is 0. The molecule has 0 fully saturated rings. The fourth-order valence-electron chi connectivity index (χ4n) is 2.83. The summed E-state index contributed by atoms with van der Waals surface area (Å²) in [7, 11) is 1.62. The summed E-state index contributed by atoms with van der Waals surface area (Å²) in [5, 5.41) is 7.56. The molecule has 1 heterocycles. The van der Waals surface area contributed by atoms with Gasteiger partial charge >= 0.3 is 6.03 Å². The predicted octanol–water partition coefficient (Wildman–Crippen LogP) is 1.98. The minimum Gasteiger partial charge on any atom is -0.486 e. The lowest BCUT2D eigenvalue weighted by molar-refractivity contribution is -0.121. The van der Waals surface area contributed by atoms with E-state index < -0.39 is 11.9 Å². The summed E-state index contributed by atoms with van der Waals surface area (Å²) in [5.74, 6) is 0.351. The van der Waals surface area contributed by atoms with E-state index in [1.807, 2.05) is 31.2 Å². The molecule has 0 unspecified atom stereocenters. The molecule has 2 aromatic carbocycles. The Hall–Kier alpha value is -3.59. The third-order valence-corrected chi connectivity index (χ3v) is 4.22. The largest absolute Gasteiger partial charge is 0.486 e. The Morgan fingerprint density at radius 1 is 0.867 bits per heavy atom. The van der Waals surface area contributed by atoms with E-state index in [0.717, 1.165) is 5.56 Å². The van der Waals surface area contributed by atoms with Crippen molar-refractivity contribution in [3.05, 3.63) is 48.0 Å². The standard InChI is InChI=1S/C21H24N4O5/c1-14-3-5-15(6-4-14)22-19(26)12-25(2)13-20(27)24-21(28)23-16-7-8-17-18(11-16)30-10-9-29-17/h3-8,11H,9-10,12-13H2,1-2H3,(H,22,26)(H2,23,24,27,28). The highest BCUT2D eigenvalue weighted by atomic mass is 16.6. The summed E-state index contributed by atoms with van der Waals surface area (Å²) in [6.45, 7) is 2.76. The van der Waals surface area contributed by atoms with Crippen LogP contribution in [0.2, 0.25) is 0 Å². The third-order valence-electron chi connectivity index (χ3n) is 4.22. The van der Waals surface area contributed by atoms with E-state index in [0.29, 0.717) is 36.1 Å². The smallest absolute Gasteiger partial charge is 0.325 e. The first kappa shape index (κ1) is 21.1. The Labute approximate surface area is 174 Å². The summed E-state index contributed by atoms with van der Waals surface area (Å²) >= 11 is 0. The van der Waals surface area contributed by atoms with Crippen LogP contribution in [-0.2, 0) is 9.59 Å². The highest BCUT2D eigenvalue weighted by Crippen LogP contribution is 2.32. The van der Waals surface area contributed by atoms with E-state index in [-0.39, 0.29) is 19.0 Å². The summed E-state index contributed by atoms with van der Waals surface area (Å²) < 4.78 is 10.9. The zero-order valence-electron chi connectivity index (χ0n) is 16.9. The van der Waals surface area contributed by atoms with Crippen LogP contribution in [0, 0.1) is 6.92 Å². The second kappa shape index (κ2) is 9.75. The molecule has 0 saturated carbocycles. The maximum atomic E-state index is 12.1. The number of nitrogens with one attached hydrogen (secondary N) is 3. The number of urea groups is 1. The lowest BCUT2D eigenvalue weighted by atomic mass is 10.2. The zero-order chi connectivity index (χ0) is 21.5. The number of anilines is 2. The number of likely N-dealkylation sites (N-methyl/N-ethyl adjacent to an activating group) is 1. The van der Waals surface area contributed by atoms with Crippen molar-refractivity contribution >= 4 is 29.2 Å². The van der Waals surface area contributed by atoms with E-state index in [9.17, 15) is 14.4 Å². The molecule has 158 valence electrons. The number of ether oxygens (including phenoxy) is 2. The van der Waals surface area contributed by atoms with Crippen molar-refractivity contribution < 1.29 is 23.9 Å². The number of hydrogen-bond acceptors (Lipinski definition) is 6. The first-order valence-corrected chi connectivity index (χ1v) is 9.44. The molecule has 2 aromatic rings. The fourth-order valence-corrected chi connectivity index (χ4v) is 2.83. The third kappa shape index (κ3) is 6.21. The van der Waals surface area contributed by atoms with Crippen LogP contribution in [0.25, 0.3) is 0 Å². The zero-order valence-corrected chi connectivity index (χ0v) is 16.9. The summed E-state index contributed by atoms with van der Waals surface area (Å²) in [4.78, 5) is 37.7. The average Bonchev–Trinajstić information content (AvgIpc) is 2.69. The minimum absolute atomic E-state index is 0.00504. The molecule has 0 aromatic heterocycles. The van der Waals surface area contributed by atoms with Gasteiger partial charge in [0.05, 0.1) is 13.1 Å². The second-order valence-corrected chi connectivity index (χ2v) is 6.95. The van der Waals surface area contributed by atoms with Gasteiger partial charge in [-0.25, -0.2) is 4.79 Å². The van der Waals surface area contributed by atoms with Crippen molar-refractivity contribution in [3.8, 4) is 11.5 Å². The predicted molar refractivity (Wildman–Crippen MR) is 112 cm³/mol. The van der Waals surface area contributed by atoms with Gasteiger partial charge in [0.15, 0.2) is 11.5 Å². The molecule has 0 spiro atoms. The number of carbonyl (C=O) groups excluding carboxylic acids is 3. The monoisotopic (exact) mass is 412 g/mol. The highest BCUT2D eigenvalue weighted by Gasteiger charge is 2.15. The quantitative estimate of drug-likeness (QED) is 0.670. The van der Waals surface area contributed by atoms with Gasteiger partial charge in [-0.1, -0.05) is 17.7 Å². The molecule has 0 saturated heterocycles. The van der Waals surface area contributed by atoms with Crippen molar-refractivity contribution in [1.29, 1.82) is 0 Å². The van der Waals surface area contributed by atoms with Crippen LogP contribution in [0.15, 0.2) is 42.5 Å². The Balaban J connectivity index is 1.42. The van der Waals surface area contributed by atoms with Crippen molar-refractivity contribution in [2.24, 2.45) is 0 Å². The molecule has 4 amide bonds. The Kier molecular flexibility index (Phi) is 6.87. The number of rotatable bonds is 6. The van der Waals surface area contributed by atoms with Crippen molar-refractivity contribution in [2.45, 2.75) is 6.92 Å². The van der Waals surface area contributed by atoms with Crippen LogP contribution in [0.4, 0.5) is 16.2 Å². The molecule has 0 bridgehead atoms. The lowest BCUT2D eigenvalue weighted by Gasteiger charge is -2.19. The molecule has 0 atom stereocenters. The van der Waals surface area contributed by atoms with Gasteiger partial charge in [-0.3, -0.25) is 19.8 Å². The second-order valence-electron chi connectivity index (χ2n) is 6.95. The number of hydrogen-bond donors (Lipinski definition) is 3. The van der Waals surface area contributed by atoms with Gasteiger partial charge in [0.2, 0.25) is 11.8 Å². The first-order chi connectivity index (χ1) is 14.4. The molecule has 9 heteroatoms. The molecule has 0 aliphatic carbocycles. The molecule has 30 heavy (non-hydrogen) atoms. The highest BCUT2D eigenvalue weighted by molar-refractivity contribution is 6.02. The van der Waals surface area contributed by atoms with Gasteiger partial charge in [-0.05, 0) is 38.2 Å². The Bertz CT molecular complexity index is 929. The number of fused-ring (bicyclic) bond motifs is 1. The fraction of sp³-hybridized carbons (Fsp3) is 0.286. The van der Waals surface area contributed by atoms with Crippen molar-refractivity contribution in [2.75, 3.05) is 44.0 Å². The Morgan fingerprint density at radius 3 is 2.23 bits per heavy atom. The van der Waals surface area contributed by atoms with Crippen LogP contribution in [-0.4, -0.2) is 56.1 Å². The SMILES string of the molecule is Cc1ccc(NC(=O)CN(C)CC(=O)NC(=O)Nc2ccc3c(c2)OCCO3)cc1. The summed E-state index contributed by atoms with van der Waals surface area (Å²) in [6, 6.07) is 11.7. The van der Waals surface area contributed by atoms with Crippen LogP contribution in [0.5, 0.6) is 11.5 Å². The average molecular weight is 412 g/mol. The number of nitrogens with zero attached hydrogens (tertiary/aromatic N) is 1. The minimum atomic E-state index is -0.672. The number of imide groups is 1. The number of amides is 4. The van der Waals surface area contributed by atoms with E-state index in [2.05, 4.69) is 16.0 Å². The summed E-state index contributed by atoms with van der Waals surface area (Å²) in [5.41, 5.74) is 2.24. The van der Waals surface area contributed by atoms with Gasteiger partial charge < -0.3 is 20.1 Å². The van der Waals surface area contributed by atoms with Crippen LogP contribution in [0.1, 0.15) is 5.56 Å². The van der Waals surface area contributed by atoms with Gasteiger partial charge in [-0.15, -0.1) is 0 Å². The molecule has 1 aliphatic heterocycles. The molecular weight excluding hydrogens is 388 g/mol. The van der Waals surface area contributed by atoms with Crippen LogP contribution >= 0.6 is 0 Å². The Morgan fingerprint density at radius 2 is 1.50 bits per heavy atom. The molecule has 9 nitrogen and oxygen atoms in total. The molecule has 1 aliphatic rings. The first-order valence-electron chi connectivity index (χ1n) is 9.44. The van der Waals surface area contributed by atoms with Crippen LogP contribution in [0.3, 0.4) is 0 Å². The maximum absolute atomic E-state index is 12.1. The molecule has 3 N–H and O–H groups in total. The van der Waals surface area contributed by atoms with Gasteiger partial charge in [0, 0.05) is 17.4 Å². The van der Waals surface area contributed by atoms with Gasteiger partial charge in [0.1, 0.15) is 13.2 Å². The van der Waals surface area contributed by atoms with E-state index >= 15 is 0 Å². The molecule has 0 radical (unpaired) electrons. The topological polar surface area (TPSA) is 109 Å². The molecule has 3 rings (SSSR count). The van der Waals surface area contributed by atoms with E-state index in [1.54, 1.807) is 25.2 Å². The maximum Gasteiger partial charge on any atom is 0.325 e. The van der Waals surface area contributed by atoms with Gasteiger partial charge in [-0.2, -0.15) is 0 Å². The van der Waals surface area contributed by atoms with Crippen LogP contribution < -0.4 is 25.4 Å². The number of carbonyl (C=O) groups is 3. The van der Waals surface area contributed by atoms with Crippen molar-refractivity contribution in [1.82, 2.24) is 10.2 Å². The van der Waals surface area contributed by atoms with E-state index in [4.69, 9.17) is 9.47 Å².